The molecule has 146 valence electrons. The number of carbonyl (C=O) groups excluding carboxylic acids is 1. The summed E-state index contributed by atoms with van der Waals surface area (Å²) in [5.41, 5.74) is 2.66. The minimum Gasteiger partial charge on any atom is -0.344 e. The Morgan fingerprint density at radius 3 is 2.59 bits per heavy atom. The summed E-state index contributed by atoms with van der Waals surface area (Å²) in [5, 5.41) is 11.6. The van der Waals surface area contributed by atoms with E-state index in [2.05, 4.69) is 30.7 Å². The second-order valence-corrected chi connectivity index (χ2v) is 6.97. The highest BCUT2D eigenvalue weighted by Crippen LogP contribution is 2.20. The van der Waals surface area contributed by atoms with E-state index in [1.807, 2.05) is 43.3 Å². The van der Waals surface area contributed by atoms with Crippen molar-refractivity contribution in [2.45, 2.75) is 13.0 Å². The standard InChI is InChI=1S/C20H18ClN7O/c1-12(26-20(29)18-16-10-25-28(2)19(16)24-11-23-18)13-3-8-17(22-9-13)27-15-6-4-14(21)5-7-15/h3-12H,1-2H3,(H,22,27)(H,26,29). The quantitative estimate of drug-likeness (QED) is 0.524. The summed E-state index contributed by atoms with van der Waals surface area (Å²) in [7, 11) is 1.77. The number of nitrogens with one attached hydrogen (secondary N) is 2. The third kappa shape index (κ3) is 4.02. The highest BCUT2D eigenvalue weighted by Gasteiger charge is 2.17. The van der Waals surface area contributed by atoms with E-state index in [0.717, 1.165) is 11.3 Å². The Labute approximate surface area is 172 Å². The Morgan fingerprint density at radius 2 is 1.86 bits per heavy atom. The molecule has 8 nitrogen and oxygen atoms in total. The normalized spacial score (nSPS) is 12.0. The summed E-state index contributed by atoms with van der Waals surface area (Å²) < 4.78 is 1.60. The maximum Gasteiger partial charge on any atom is 0.271 e. The van der Waals surface area contributed by atoms with Gasteiger partial charge in [-0.2, -0.15) is 5.10 Å². The van der Waals surface area contributed by atoms with E-state index >= 15 is 0 Å². The van der Waals surface area contributed by atoms with Crippen LogP contribution in [-0.4, -0.2) is 30.6 Å². The number of anilines is 2. The molecule has 0 spiro atoms. The zero-order valence-electron chi connectivity index (χ0n) is 15.8. The predicted molar refractivity (Wildman–Crippen MR) is 111 cm³/mol. The van der Waals surface area contributed by atoms with Crippen molar-refractivity contribution in [1.82, 2.24) is 30.0 Å². The second kappa shape index (κ2) is 7.84. The number of carbonyl (C=O) groups is 1. The van der Waals surface area contributed by atoms with E-state index in [0.29, 0.717) is 27.6 Å². The molecule has 0 aliphatic heterocycles. The lowest BCUT2D eigenvalue weighted by molar-refractivity contribution is 0.0936. The van der Waals surface area contributed by atoms with Crippen LogP contribution in [0.1, 0.15) is 29.0 Å². The Balaban J connectivity index is 1.45. The van der Waals surface area contributed by atoms with Gasteiger partial charge in [-0.25, -0.2) is 15.0 Å². The van der Waals surface area contributed by atoms with Crippen molar-refractivity contribution in [1.29, 1.82) is 0 Å². The van der Waals surface area contributed by atoms with E-state index < -0.39 is 0 Å². The van der Waals surface area contributed by atoms with Crippen LogP contribution < -0.4 is 10.6 Å². The van der Waals surface area contributed by atoms with E-state index in [1.54, 1.807) is 24.1 Å². The van der Waals surface area contributed by atoms with Crippen LogP contribution in [-0.2, 0) is 7.05 Å². The number of aromatic nitrogens is 5. The fourth-order valence-corrected chi connectivity index (χ4v) is 3.03. The Morgan fingerprint density at radius 1 is 1.07 bits per heavy atom. The first-order valence-corrected chi connectivity index (χ1v) is 9.31. The van der Waals surface area contributed by atoms with Gasteiger partial charge in [-0.1, -0.05) is 17.7 Å². The molecule has 9 heteroatoms. The third-order valence-electron chi connectivity index (χ3n) is 4.50. The number of halogens is 1. The SMILES string of the molecule is CC(NC(=O)c1ncnc2c1cnn2C)c1ccc(Nc2ccc(Cl)cc2)nc1. The molecule has 0 radical (unpaired) electrons. The second-order valence-electron chi connectivity index (χ2n) is 6.53. The first-order chi connectivity index (χ1) is 14.0. The third-order valence-corrected chi connectivity index (χ3v) is 4.75. The highest BCUT2D eigenvalue weighted by molar-refractivity contribution is 6.30. The number of nitrogens with zero attached hydrogens (tertiary/aromatic N) is 5. The Bertz CT molecular complexity index is 1160. The molecule has 0 bridgehead atoms. The molecule has 4 aromatic rings. The monoisotopic (exact) mass is 407 g/mol. The molecule has 4 rings (SSSR count). The highest BCUT2D eigenvalue weighted by atomic mass is 35.5. The van der Waals surface area contributed by atoms with E-state index in [1.165, 1.54) is 6.33 Å². The molecule has 3 heterocycles. The molecule has 29 heavy (non-hydrogen) atoms. The minimum atomic E-state index is -0.290. The minimum absolute atomic E-state index is 0.249. The van der Waals surface area contributed by atoms with Gasteiger partial charge in [0, 0.05) is 24.0 Å². The molecule has 0 aliphatic carbocycles. The van der Waals surface area contributed by atoms with Crippen molar-refractivity contribution < 1.29 is 4.79 Å². The van der Waals surface area contributed by atoms with Crippen molar-refractivity contribution in [2.24, 2.45) is 7.05 Å². The number of aryl methyl sites for hydroxylation is 1. The zero-order valence-corrected chi connectivity index (χ0v) is 16.6. The number of hydrogen-bond donors (Lipinski definition) is 2. The van der Waals surface area contributed by atoms with Crippen LogP contribution in [0.25, 0.3) is 11.0 Å². The fraction of sp³-hybridized carbons (Fsp3) is 0.150. The van der Waals surface area contributed by atoms with Gasteiger partial charge in [-0.15, -0.1) is 0 Å². The van der Waals surface area contributed by atoms with E-state index in [9.17, 15) is 4.79 Å². The van der Waals surface area contributed by atoms with Gasteiger partial charge in [-0.3, -0.25) is 9.48 Å². The molecule has 1 unspecified atom stereocenters. The van der Waals surface area contributed by atoms with Gasteiger partial charge in [0.1, 0.15) is 17.8 Å². The maximum absolute atomic E-state index is 12.7. The molecule has 3 aromatic heterocycles. The molecular formula is C20H18ClN7O. The first-order valence-electron chi connectivity index (χ1n) is 8.93. The van der Waals surface area contributed by atoms with Gasteiger partial charge in [-0.05, 0) is 42.8 Å². The molecular weight excluding hydrogens is 390 g/mol. The molecule has 1 aromatic carbocycles. The van der Waals surface area contributed by atoms with Crippen LogP contribution >= 0.6 is 11.6 Å². The average molecular weight is 408 g/mol. The van der Waals surface area contributed by atoms with Crippen LogP contribution in [0.4, 0.5) is 11.5 Å². The molecule has 2 N–H and O–H groups in total. The number of pyridine rings is 1. The molecule has 0 aliphatic rings. The average Bonchev–Trinajstić information content (AvgIpc) is 3.11. The number of amides is 1. The van der Waals surface area contributed by atoms with Gasteiger partial charge in [0.15, 0.2) is 5.65 Å². The van der Waals surface area contributed by atoms with Crippen LogP contribution in [0.5, 0.6) is 0 Å². The largest absolute Gasteiger partial charge is 0.344 e. The van der Waals surface area contributed by atoms with Crippen molar-refractivity contribution in [3.63, 3.8) is 0 Å². The topological polar surface area (TPSA) is 97.6 Å². The summed E-state index contributed by atoms with van der Waals surface area (Å²) in [4.78, 5) is 25.4. The smallest absolute Gasteiger partial charge is 0.271 e. The lowest BCUT2D eigenvalue weighted by Crippen LogP contribution is -2.27. The van der Waals surface area contributed by atoms with Crippen molar-refractivity contribution in [3.05, 3.63) is 71.4 Å². The summed E-state index contributed by atoms with van der Waals surface area (Å²) in [5.74, 6) is 0.406. The number of hydrogen-bond acceptors (Lipinski definition) is 6. The van der Waals surface area contributed by atoms with Gasteiger partial charge in [0.05, 0.1) is 17.6 Å². The van der Waals surface area contributed by atoms with Crippen molar-refractivity contribution >= 4 is 40.0 Å². The molecule has 1 atom stereocenters. The lowest BCUT2D eigenvalue weighted by atomic mass is 10.1. The maximum atomic E-state index is 12.7. The predicted octanol–water partition coefficient (Wildman–Crippen LogP) is 3.65. The van der Waals surface area contributed by atoms with Crippen molar-refractivity contribution in [3.8, 4) is 0 Å². The summed E-state index contributed by atoms with van der Waals surface area (Å²) in [6.07, 6.45) is 4.68. The summed E-state index contributed by atoms with van der Waals surface area (Å²) in [6, 6.07) is 10.9. The number of fused-ring (bicyclic) bond motifs is 1. The number of benzene rings is 1. The van der Waals surface area contributed by atoms with Crippen LogP contribution in [0.15, 0.2) is 55.1 Å². The molecule has 0 saturated heterocycles. The molecule has 0 fully saturated rings. The zero-order chi connectivity index (χ0) is 20.4. The fourth-order valence-electron chi connectivity index (χ4n) is 2.91. The molecule has 0 saturated carbocycles. The summed E-state index contributed by atoms with van der Waals surface area (Å²) in [6.45, 7) is 1.89. The van der Waals surface area contributed by atoms with Gasteiger partial charge < -0.3 is 10.6 Å². The Kier molecular flexibility index (Phi) is 5.09. The van der Waals surface area contributed by atoms with Gasteiger partial charge in [0.25, 0.3) is 5.91 Å². The number of rotatable bonds is 5. The van der Waals surface area contributed by atoms with E-state index in [4.69, 9.17) is 11.6 Å². The van der Waals surface area contributed by atoms with Crippen LogP contribution in [0, 0.1) is 0 Å². The van der Waals surface area contributed by atoms with E-state index in [-0.39, 0.29) is 11.9 Å². The Hall–Kier alpha value is -3.52. The first kappa shape index (κ1) is 18.8. The molecule has 1 amide bonds. The van der Waals surface area contributed by atoms with Crippen molar-refractivity contribution in [2.75, 3.05) is 5.32 Å². The lowest BCUT2D eigenvalue weighted by Gasteiger charge is -2.14. The summed E-state index contributed by atoms with van der Waals surface area (Å²) >= 11 is 5.90. The van der Waals surface area contributed by atoms with Gasteiger partial charge >= 0.3 is 0 Å². The van der Waals surface area contributed by atoms with Gasteiger partial charge in [0.2, 0.25) is 0 Å². The van der Waals surface area contributed by atoms with Crippen LogP contribution in [0.2, 0.25) is 5.02 Å². The van der Waals surface area contributed by atoms with Crippen LogP contribution in [0.3, 0.4) is 0 Å².